The molecule has 1 fully saturated rings. The van der Waals surface area contributed by atoms with Crippen molar-refractivity contribution < 1.29 is 90.4 Å². The van der Waals surface area contributed by atoms with E-state index in [9.17, 15) is 62.7 Å². The lowest BCUT2D eigenvalue weighted by atomic mass is 9.87. The number of ether oxygens (including phenoxy) is 1. The van der Waals surface area contributed by atoms with Crippen LogP contribution in [0.2, 0.25) is 0 Å². The van der Waals surface area contributed by atoms with Crippen LogP contribution in [0, 0.1) is 5.41 Å². The van der Waals surface area contributed by atoms with Gasteiger partial charge in [-0.25, -0.2) is 28.6 Å². The Morgan fingerprint density at radius 2 is 1.63 bits per heavy atom. The number of carbonyl (C=O) groups is 4. The molecule has 63 heavy (non-hydrogen) atoms. The molecule has 26 nitrogen and oxygen atoms in total. The number of thioether (sulfide) groups is 1. The molecule has 0 bridgehead atoms. The number of phosphoric ester groups is 3. The minimum atomic E-state index is -5.59. The monoisotopic (exact) mass is 973 g/mol. The Balaban J connectivity index is 1.39. The van der Waals surface area contributed by atoms with E-state index in [2.05, 4.69) is 34.4 Å². The number of aliphatic hydroxyl groups is 2. The zero-order valence-electron chi connectivity index (χ0n) is 33.7. The number of fused-ring (bicyclic) bond motifs is 1. The summed E-state index contributed by atoms with van der Waals surface area (Å²) in [5.74, 6) is -2.11. The van der Waals surface area contributed by atoms with E-state index < -0.39 is 90.5 Å². The van der Waals surface area contributed by atoms with Gasteiger partial charge in [-0.05, 0) is 25.3 Å². The van der Waals surface area contributed by atoms with Crippen molar-refractivity contribution in [1.82, 2.24) is 30.2 Å². The van der Waals surface area contributed by atoms with Gasteiger partial charge in [0.05, 0.1) is 19.5 Å². The van der Waals surface area contributed by atoms with Gasteiger partial charge < -0.3 is 56.0 Å². The third kappa shape index (κ3) is 18.7. The highest BCUT2D eigenvalue weighted by molar-refractivity contribution is 8.14. The second-order valence-electron chi connectivity index (χ2n) is 14.0. The van der Waals surface area contributed by atoms with Crippen LogP contribution >= 0.6 is 35.2 Å². The van der Waals surface area contributed by atoms with Crippen LogP contribution < -0.4 is 16.4 Å². The first-order valence-corrected chi connectivity index (χ1v) is 24.2. The van der Waals surface area contributed by atoms with Gasteiger partial charge in [0.15, 0.2) is 17.7 Å². The molecule has 0 aromatic carbocycles. The maximum absolute atomic E-state index is 12.7. The van der Waals surface area contributed by atoms with E-state index in [1.165, 1.54) is 19.9 Å². The molecule has 3 rings (SSSR count). The van der Waals surface area contributed by atoms with Crippen molar-refractivity contribution in [3.05, 3.63) is 49.1 Å². The lowest BCUT2D eigenvalue weighted by Gasteiger charge is -2.30. The Morgan fingerprint density at radius 3 is 2.32 bits per heavy atom. The highest BCUT2D eigenvalue weighted by Crippen LogP contribution is 2.61. The summed E-state index contributed by atoms with van der Waals surface area (Å²) in [4.78, 5) is 98.3. The maximum Gasteiger partial charge on any atom is 0.481 e. The van der Waals surface area contributed by atoms with Gasteiger partial charge in [0.1, 0.15) is 36.3 Å². The van der Waals surface area contributed by atoms with Crippen molar-refractivity contribution in [3.8, 4) is 0 Å². The van der Waals surface area contributed by atoms with Gasteiger partial charge >= 0.3 is 29.4 Å². The van der Waals surface area contributed by atoms with Gasteiger partial charge in [-0.3, -0.25) is 37.3 Å². The molecule has 1 aliphatic heterocycles. The Kier molecular flexibility index (Phi) is 20.9. The number of nitrogens with zero attached hydrogens (tertiary/aromatic N) is 4. The number of rotatable bonds is 27. The molecule has 352 valence electrons. The lowest BCUT2D eigenvalue weighted by molar-refractivity contribution is -0.137. The zero-order valence-corrected chi connectivity index (χ0v) is 37.2. The summed E-state index contributed by atoms with van der Waals surface area (Å²) in [5, 5.41) is 34.8. The number of phosphoric acid groups is 3. The number of carbonyl (C=O) groups excluding carboxylic acids is 3. The number of aliphatic carboxylic acids is 1. The van der Waals surface area contributed by atoms with E-state index >= 15 is 0 Å². The topological polar surface area (TPSA) is 401 Å². The van der Waals surface area contributed by atoms with E-state index in [0.717, 1.165) is 29.0 Å². The first-order chi connectivity index (χ1) is 29.4. The van der Waals surface area contributed by atoms with Gasteiger partial charge in [-0.15, -0.1) is 0 Å². The van der Waals surface area contributed by atoms with E-state index in [-0.39, 0.29) is 53.8 Å². The molecule has 0 aliphatic carbocycles. The SMILES string of the molecule is CC(C)(COP(=O)(O)OP(=O)(O)OCC1OC(n2cnc3c(N)ncnc32)C(O)C1OP(=O)(O)O)C(O)C(=O)NCCC(=O)NCCSC(=O)/C=C/CC/C=C/C=C/CCC(=O)O. The number of amides is 2. The molecule has 30 heteroatoms. The minimum Gasteiger partial charge on any atom is -0.481 e. The average molecular weight is 974 g/mol. The number of nitrogen functional groups attached to an aromatic ring is 1. The number of imidazole rings is 1. The summed E-state index contributed by atoms with van der Waals surface area (Å²) in [7, 11) is -16.4. The molecule has 0 spiro atoms. The average Bonchev–Trinajstić information content (AvgIpc) is 3.75. The number of allylic oxidation sites excluding steroid dienone is 5. The Labute approximate surface area is 363 Å². The highest BCUT2D eigenvalue weighted by Gasteiger charge is 2.50. The fourth-order valence-corrected chi connectivity index (χ4v) is 8.69. The smallest absolute Gasteiger partial charge is 0.481 e. The number of aliphatic hydroxyl groups excluding tert-OH is 2. The zero-order chi connectivity index (χ0) is 47.0. The van der Waals surface area contributed by atoms with Crippen molar-refractivity contribution in [3.63, 3.8) is 0 Å². The van der Waals surface area contributed by atoms with Crippen molar-refractivity contribution in [2.75, 3.05) is 37.8 Å². The van der Waals surface area contributed by atoms with Gasteiger partial charge in [-0.2, -0.15) is 4.31 Å². The Bertz CT molecular complexity index is 2130. The van der Waals surface area contributed by atoms with Crippen molar-refractivity contribution in [2.45, 2.75) is 76.6 Å². The summed E-state index contributed by atoms with van der Waals surface area (Å²) >= 11 is 0.986. The number of anilines is 1. The number of nitrogens with one attached hydrogen (secondary N) is 2. The molecule has 2 aromatic heterocycles. The predicted molar refractivity (Wildman–Crippen MR) is 221 cm³/mol. The lowest BCUT2D eigenvalue weighted by Crippen LogP contribution is -2.46. The Morgan fingerprint density at radius 1 is 0.968 bits per heavy atom. The fraction of sp³-hybridized carbons (Fsp3) is 0.545. The van der Waals surface area contributed by atoms with Crippen molar-refractivity contribution >= 4 is 75.1 Å². The van der Waals surface area contributed by atoms with Gasteiger partial charge in [-0.1, -0.05) is 56.0 Å². The van der Waals surface area contributed by atoms with Crippen molar-refractivity contribution in [1.29, 1.82) is 0 Å². The molecule has 2 aromatic rings. The maximum atomic E-state index is 12.7. The van der Waals surface area contributed by atoms with Crippen LogP contribution in [-0.2, 0) is 55.5 Å². The standard InChI is InChI=1S/C33H50N7O19P3S/c1-33(2,28(46)31(47)36-14-13-22(41)35-15-16-63-24(44)12-10-8-6-4-3-5-7-9-11-23(42)43)18-56-62(53,54)59-61(51,52)55-17-21-27(58-60(48,49)50)26(45)32(57-21)40-20-39-25-29(34)37-19-38-30(25)40/h3-5,7,10,12,19-21,26-28,32,45-46H,6,8-9,11,13-18H2,1-2H3,(H,35,41)(H,36,47)(H,42,43)(H,51,52)(H,53,54)(H2,34,37,38)(H2,48,49,50)/b4-3+,7-5+,12-10+. The van der Waals surface area contributed by atoms with E-state index in [1.54, 1.807) is 24.3 Å². The molecular formula is C33H50N7O19P3S. The van der Waals surface area contributed by atoms with Gasteiger partial charge in [0.2, 0.25) is 16.9 Å². The first-order valence-electron chi connectivity index (χ1n) is 18.7. The molecule has 11 N–H and O–H groups in total. The number of aromatic nitrogens is 4. The summed E-state index contributed by atoms with van der Waals surface area (Å²) in [6.45, 7) is 0.350. The van der Waals surface area contributed by atoms with Crippen LogP contribution in [0.4, 0.5) is 5.82 Å². The largest absolute Gasteiger partial charge is 0.481 e. The molecule has 0 saturated carbocycles. The normalized spacial score (nSPS) is 20.9. The fourth-order valence-electron chi connectivity index (χ4n) is 5.26. The van der Waals surface area contributed by atoms with E-state index in [0.29, 0.717) is 19.3 Å². The summed E-state index contributed by atoms with van der Waals surface area (Å²) in [5.41, 5.74) is 4.23. The molecule has 7 atom stereocenters. The van der Waals surface area contributed by atoms with Crippen LogP contribution in [-0.4, -0.2) is 134 Å². The van der Waals surface area contributed by atoms with E-state index in [1.807, 2.05) is 6.08 Å². The summed E-state index contributed by atoms with van der Waals surface area (Å²) < 4.78 is 62.2. The molecular weight excluding hydrogens is 923 g/mol. The number of nitrogens with two attached hydrogens (primary N) is 1. The molecule has 0 radical (unpaired) electrons. The number of unbranched alkanes of at least 4 members (excludes halogenated alkanes) is 1. The van der Waals surface area contributed by atoms with Crippen LogP contribution in [0.15, 0.2) is 49.1 Å². The predicted octanol–water partition coefficient (Wildman–Crippen LogP) is 0.978. The second-order valence-corrected chi connectivity index (χ2v) is 19.3. The number of hydrogen-bond acceptors (Lipinski definition) is 19. The van der Waals surface area contributed by atoms with Crippen LogP contribution in [0.3, 0.4) is 0 Å². The third-order valence-electron chi connectivity index (χ3n) is 8.41. The van der Waals surface area contributed by atoms with E-state index in [4.69, 9.17) is 24.6 Å². The molecule has 3 heterocycles. The number of hydrogen-bond donors (Lipinski definition) is 10. The van der Waals surface area contributed by atoms with Crippen LogP contribution in [0.25, 0.3) is 11.2 Å². The minimum absolute atomic E-state index is 0.0223. The first kappa shape index (κ1) is 53.6. The highest BCUT2D eigenvalue weighted by atomic mass is 32.2. The number of carboxylic acids is 1. The second kappa shape index (κ2) is 24.5. The molecule has 1 saturated heterocycles. The number of carboxylic acid groups (broad SMARTS) is 1. The van der Waals surface area contributed by atoms with Crippen LogP contribution in [0.5, 0.6) is 0 Å². The molecule has 7 unspecified atom stereocenters. The quantitative estimate of drug-likeness (QED) is 0.0258. The van der Waals surface area contributed by atoms with Crippen LogP contribution in [0.1, 0.15) is 52.2 Å². The van der Waals surface area contributed by atoms with Gasteiger partial charge in [0.25, 0.3) is 0 Å². The summed E-state index contributed by atoms with van der Waals surface area (Å²) in [6.07, 6.45) is 5.08. The van der Waals surface area contributed by atoms with Crippen molar-refractivity contribution in [2.24, 2.45) is 5.41 Å². The molecule has 1 aliphatic rings. The third-order valence-corrected chi connectivity index (χ3v) is 12.3. The molecule has 2 amide bonds. The Hall–Kier alpha value is -3.75. The summed E-state index contributed by atoms with van der Waals surface area (Å²) in [6, 6.07) is 0. The van der Waals surface area contributed by atoms with Gasteiger partial charge in [0, 0.05) is 37.1 Å².